The normalized spacial score (nSPS) is 27.3. The molecule has 0 unspecified atom stereocenters. The van der Waals surface area contributed by atoms with E-state index in [-0.39, 0.29) is 23.8 Å². The van der Waals surface area contributed by atoms with Crippen LogP contribution in [0.3, 0.4) is 0 Å². The minimum absolute atomic E-state index is 0.0250. The molecule has 0 N–H and O–H groups in total. The average molecular weight is 403 g/mol. The highest BCUT2D eigenvalue weighted by Gasteiger charge is 2.42. The molecule has 160 valence electrons. The van der Waals surface area contributed by atoms with E-state index in [4.69, 9.17) is 14.2 Å². The Morgan fingerprint density at radius 3 is 2.59 bits per heavy atom. The maximum absolute atomic E-state index is 11.8. The molecule has 0 amide bonds. The Morgan fingerprint density at radius 2 is 1.97 bits per heavy atom. The molecule has 0 aromatic rings. The predicted octanol–water partition coefficient (Wildman–Crippen LogP) is 5.39. The summed E-state index contributed by atoms with van der Waals surface area (Å²) in [5.41, 5.74) is 4.43. The van der Waals surface area contributed by atoms with E-state index >= 15 is 0 Å². The lowest BCUT2D eigenvalue weighted by Crippen LogP contribution is -2.41. The first-order valence-corrected chi connectivity index (χ1v) is 10.4. The first kappa shape index (κ1) is 23.0. The summed E-state index contributed by atoms with van der Waals surface area (Å²) in [5.74, 6) is -0.844. The lowest BCUT2D eigenvalue weighted by atomic mass is 9.74. The summed E-state index contributed by atoms with van der Waals surface area (Å²) in [6.07, 6.45) is 8.92. The highest BCUT2D eigenvalue weighted by atomic mass is 16.7. The quantitative estimate of drug-likeness (QED) is 0.456. The van der Waals surface area contributed by atoms with E-state index in [2.05, 4.69) is 25.7 Å². The van der Waals surface area contributed by atoms with Gasteiger partial charge in [0.2, 0.25) is 6.29 Å². The van der Waals surface area contributed by atoms with E-state index in [9.17, 15) is 9.59 Å². The van der Waals surface area contributed by atoms with Crippen LogP contribution in [0.1, 0.15) is 66.7 Å². The average Bonchev–Trinajstić information content (AvgIpc) is 2.68. The third-order valence-electron chi connectivity index (χ3n) is 5.47. The Labute approximate surface area is 174 Å². The van der Waals surface area contributed by atoms with Gasteiger partial charge in [0.15, 0.2) is 0 Å². The van der Waals surface area contributed by atoms with Crippen LogP contribution in [0, 0.1) is 11.8 Å². The molecule has 0 fully saturated rings. The summed E-state index contributed by atoms with van der Waals surface area (Å²) < 4.78 is 17.1. The fourth-order valence-electron chi connectivity index (χ4n) is 4.07. The minimum Gasteiger partial charge on any atom is -0.462 e. The molecule has 0 radical (unpaired) electrons. The molecule has 0 aromatic heterocycles. The van der Waals surface area contributed by atoms with Gasteiger partial charge in [0.1, 0.15) is 6.10 Å². The maximum Gasteiger partial charge on any atom is 0.305 e. The second-order valence-corrected chi connectivity index (χ2v) is 8.27. The lowest BCUT2D eigenvalue weighted by molar-refractivity contribution is -0.181. The van der Waals surface area contributed by atoms with Crippen LogP contribution in [0.15, 0.2) is 47.3 Å². The fraction of sp³-hybridized carbons (Fsp3) is 0.583. The van der Waals surface area contributed by atoms with Gasteiger partial charge in [-0.3, -0.25) is 9.59 Å². The Kier molecular flexibility index (Phi) is 8.30. The monoisotopic (exact) mass is 402 g/mol. The van der Waals surface area contributed by atoms with Crippen LogP contribution in [0.25, 0.3) is 0 Å². The molecule has 4 atom stereocenters. The number of esters is 2. The van der Waals surface area contributed by atoms with Crippen molar-refractivity contribution in [1.29, 1.82) is 0 Å². The largest absolute Gasteiger partial charge is 0.462 e. The molecular formula is C24H34O5. The Balaban J connectivity index is 2.45. The third kappa shape index (κ3) is 6.62. The van der Waals surface area contributed by atoms with Gasteiger partial charge in [-0.15, -0.1) is 0 Å². The molecular weight excluding hydrogens is 368 g/mol. The molecule has 0 bridgehead atoms. The zero-order valence-corrected chi connectivity index (χ0v) is 18.3. The second kappa shape index (κ2) is 10.5. The van der Waals surface area contributed by atoms with Crippen LogP contribution < -0.4 is 0 Å². The predicted molar refractivity (Wildman–Crippen MR) is 113 cm³/mol. The number of ether oxygens (including phenoxy) is 3. The summed E-state index contributed by atoms with van der Waals surface area (Å²) in [6.45, 7) is 13.3. The van der Waals surface area contributed by atoms with E-state index < -0.39 is 12.4 Å². The number of carbonyl (C=O) groups is 2. The summed E-state index contributed by atoms with van der Waals surface area (Å²) in [7, 11) is 0. The molecule has 0 spiro atoms. The van der Waals surface area contributed by atoms with Crippen molar-refractivity contribution in [2.75, 3.05) is 0 Å². The number of allylic oxidation sites excluding steroid dienone is 3. The number of hydrogen-bond acceptors (Lipinski definition) is 5. The van der Waals surface area contributed by atoms with Gasteiger partial charge in [0, 0.05) is 31.8 Å². The van der Waals surface area contributed by atoms with Gasteiger partial charge < -0.3 is 14.2 Å². The highest BCUT2D eigenvalue weighted by Crippen LogP contribution is 2.43. The van der Waals surface area contributed by atoms with Gasteiger partial charge in [-0.1, -0.05) is 35.5 Å². The van der Waals surface area contributed by atoms with Crippen LogP contribution >= 0.6 is 0 Å². The van der Waals surface area contributed by atoms with E-state index in [0.29, 0.717) is 6.42 Å². The van der Waals surface area contributed by atoms with Gasteiger partial charge in [-0.2, -0.15) is 0 Å². The van der Waals surface area contributed by atoms with E-state index in [1.807, 2.05) is 13.8 Å². The molecule has 2 aliphatic rings. The third-order valence-corrected chi connectivity index (χ3v) is 5.47. The standard InChI is InChI=1S/C24H34O5/c1-15(2)10-13-22(28-18(5)25)21-14-27-24(29-19(6)26)23-17(4)9-7-8-16(3)11-12-20(21)23/h8,10,14,20,22-24H,4,7,9,11-13H2,1-3,5-6H3/b16-8-/t20-,22-,23+,24+/m1/s1. The van der Waals surface area contributed by atoms with Gasteiger partial charge in [-0.25, -0.2) is 0 Å². The molecule has 5 heteroatoms. The molecule has 1 heterocycles. The minimum atomic E-state index is -0.700. The van der Waals surface area contributed by atoms with Gasteiger partial charge in [-0.05, 0) is 46.5 Å². The molecule has 1 aliphatic carbocycles. The lowest BCUT2D eigenvalue weighted by Gasteiger charge is -2.40. The van der Waals surface area contributed by atoms with Crippen LogP contribution in [0.2, 0.25) is 0 Å². The summed E-state index contributed by atoms with van der Waals surface area (Å²) in [5, 5.41) is 0. The fourth-order valence-corrected chi connectivity index (χ4v) is 4.07. The Bertz CT molecular complexity index is 724. The zero-order valence-electron chi connectivity index (χ0n) is 18.3. The topological polar surface area (TPSA) is 61.8 Å². The van der Waals surface area contributed by atoms with Crippen molar-refractivity contribution in [3.63, 3.8) is 0 Å². The molecule has 0 aromatic carbocycles. The van der Waals surface area contributed by atoms with Crippen molar-refractivity contribution in [3.8, 4) is 0 Å². The number of carbonyl (C=O) groups excluding carboxylic acids is 2. The highest BCUT2D eigenvalue weighted by molar-refractivity contribution is 5.67. The molecule has 5 nitrogen and oxygen atoms in total. The molecule has 0 saturated heterocycles. The molecule has 29 heavy (non-hydrogen) atoms. The van der Waals surface area contributed by atoms with Crippen LogP contribution in [-0.2, 0) is 23.8 Å². The number of rotatable bonds is 5. The summed E-state index contributed by atoms with van der Waals surface area (Å²) in [4.78, 5) is 23.5. The van der Waals surface area contributed by atoms with Gasteiger partial charge in [0.05, 0.1) is 12.2 Å². The maximum atomic E-state index is 11.8. The zero-order chi connectivity index (χ0) is 21.6. The van der Waals surface area contributed by atoms with Crippen molar-refractivity contribution >= 4 is 11.9 Å². The smallest absolute Gasteiger partial charge is 0.305 e. The van der Waals surface area contributed by atoms with E-state index in [0.717, 1.165) is 42.4 Å². The molecule has 0 saturated carbocycles. The van der Waals surface area contributed by atoms with Crippen LogP contribution in [-0.4, -0.2) is 24.3 Å². The molecule has 2 rings (SSSR count). The van der Waals surface area contributed by atoms with Crippen molar-refractivity contribution in [2.24, 2.45) is 11.8 Å². The number of hydrogen-bond donors (Lipinski definition) is 0. The first-order valence-electron chi connectivity index (χ1n) is 10.4. The van der Waals surface area contributed by atoms with E-state index in [1.165, 1.54) is 19.4 Å². The Morgan fingerprint density at radius 1 is 1.24 bits per heavy atom. The summed E-state index contributed by atoms with van der Waals surface area (Å²) >= 11 is 0. The SMILES string of the molecule is C=C1CC/C=C(/C)CC[C@@H]2C([C@@H](CC=C(C)C)OC(C)=O)=CO[C@@H](OC(C)=O)[C@@H]12. The first-order chi connectivity index (χ1) is 13.7. The van der Waals surface area contributed by atoms with E-state index in [1.54, 1.807) is 6.26 Å². The van der Waals surface area contributed by atoms with Crippen molar-refractivity contribution in [2.45, 2.75) is 79.1 Å². The van der Waals surface area contributed by atoms with Gasteiger partial charge >= 0.3 is 11.9 Å². The van der Waals surface area contributed by atoms with Crippen molar-refractivity contribution in [3.05, 3.63) is 47.3 Å². The Hall–Kier alpha value is -2.30. The summed E-state index contributed by atoms with van der Waals surface area (Å²) in [6, 6.07) is 0. The van der Waals surface area contributed by atoms with Crippen LogP contribution in [0.4, 0.5) is 0 Å². The van der Waals surface area contributed by atoms with Crippen molar-refractivity contribution < 1.29 is 23.8 Å². The second-order valence-electron chi connectivity index (χ2n) is 8.27. The van der Waals surface area contributed by atoms with Gasteiger partial charge in [0.25, 0.3) is 0 Å². The van der Waals surface area contributed by atoms with Crippen LogP contribution in [0.5, 0.6) is 0 Å². The number of fused-ring (bicyclic) bond motifs is 1. The molecule has 1 aliphatic heterocycles. The van der Waals surface area contributed by atoms with Crippen molar-refractivity contribution in [1.82, 2.24) is 0 Å².